The fourth-order valence-corrected chi connectivity index (χ4v) is 1.44. The van der Waals surface area contributed by atoms with Gasteiger partial charge in [0, 0.05) is 18.0 Å². The molecule has 2 heterocycles. The number of anilines is 1. The van der Waals surface area contributed by atoms with E-state index in [1.165, 1.54) is 10.9 Å². The van der Waals surface area contributed by atoms with Crippen LogP contribution in [0.5, 0.6) is 0 Å². The van der Waals surface area contributed by atoms with E-state index in [2.05, 4.69) is 10.1 Å². The van der Waals surface area contributed by atoms with Crippen LogP contribution in [-0.4, -0.2) is 20.7 Å². The Labute approximate surface area is 86.9 Å². The van der Waals surface area contributed by atoms with Crippen molar-refractivity contribution < 1.29 is 4.79 Å². The summed E-state index contributed by atoms with van der Waals surface area (Å²) in [6, 6.07) is 3.53. The number of carbonyl (C=O) groups is 1. The number of aromatic nitrogens is 3. The second kappa shape index (κ2) is 3.61. The lowest BCUT2D eigenvalue weighted by Crippen LogP contribution is -2.16. The van der Waals surface area contributed by atoms with Crippen LogP contribution in [0.4, 0.5) is 5.82 Å². The van der Waals surface area contributed by atoms with E-state index in [0.717, 1.165) is 11.3 Å². The lowest BCUT2D eigenvalue weighted by Gasteiger charge is -2.00. The number of aryl methyl sites for hydroxylation is 1. The normalized spacial score (nSPS) is 10.5. The molecule has 0 fully saturated rings. The van der Waals surface area contributed by atoms with E-state index in [0.29, 0.717) is 12.2 Å². The third-order valence-corrected chi connectivity index (χ3v) is 2.15. The fourth-order valence-electron chi connectivity index (χ4n) is 1.44. The van der Waals surface area contributed by atoms with Gasteiger partial charge in [-0.3, -0.25) is 4.79 Å². The first kappa shape index (κ1) is 9.51. The average Bonchev–Trinajstić information content (AvgIpc) is 2.75. The second-order valence-corrected chi connectivity index (χ2v) is 3.43. The number of rotatable bonds is 2. The van der Waals surface area contributed by atoms with Gasteiger partial charge >= 0.3 is 0 Å². The van der Waals surface area contributed by atoms with Crippen LogP contribution in [0.15, 0.2) is 24.5 Å². The van der Waals surface area contributed by atoms with Crippen LogP contribution in [0.25, 0.3) is 0 Å². The number of nitrogens with two attached hydrogens (primary N) is 1. The lowest BCUT2D eigenvalue weighted by molar-refractivity contribution is 0.0901. The number of nitrogens with zero attached hydrogens (tertiary/aromatic N) is 2. The summed E-state index contributed by atoms with van der Waals surface area (Å²) in [5.74, 6) is 0.240. The highest BCUT2D eigenvalue weighted by Gasteiger charge is 2.10. The topological polar surface area (TPSA) is 76.7 Å². The zero-order valence-corrected chi connectivity index (χ0v) is 8.40. The molecular formula is C10H12N4O. The van der Waals surface area contributed by atoms with Crippen molar-refractivity contribution in [1.29, 1.82) is 0 Å². The van der Waals surface area contributed by atoms with E-state index in [9.17, 15) is 4.79 Å². The van der Waals surface area contributed by atoms with Gasteiger partial charge in [-0.2, -0.15) is 9.78 Å². The number of hydrogen-bond acceptors (Lipinski definition) is 3. The summed E-state index contributed by atoms with van der Waals surface area (Å²) in [5.41, 5.74) is 7.54. The van der Waals surface area contributed by atoms with Crippen LogP contribution in [0.2, 0.25) is 0 Å². The zero-order chi connectivity index (χ0) is 10.8. The van der Waals surface area contributed by atoms with E-state index in [4.69, 9.17) is 5.73 Å². The molecule has 0 amide bonds. The molecule has 5 heteroatoms. The van der Waals surface area contributed by atoms with Crippen molar-refractivity contribution in [2.75, 3.05) is 5.73 Å². The molecule has 0 saturated heterocycles. The maximum absolute atomic E-state index is 11.7. The summed E-state index contributed by atoms with van der Waals surface area (Å²) in [4.78, 5) is 14.7. The van der Waals surface area contributed by atoms with Crippen molar-refractivity contribution in [3.8, 4) is 0 Å². The summed E-state index contributed by atoms with van der Waals surface area (Å²) in [7, 11) is 0. The smallest absolute Gasteiger partial charge is 0.253 e. The van der Waals surface area contributed by atoms with E-state index >= 15 is 0 Å². The van der Waals surface area contributed by atoms with Gasteiger partial charge in [0.05, 0.1) is 12.6 Å². The van der Waals surface area contributed by atoms with E-state index in [1.807, 2.05) is 19.2 Å². The molecule has 0 unspecified atom stereocenters. The summed E-state index contributed by atoms with van der Waals surface area (Å²) in [5, 5.41) is 3.85. The molecule has 0 radical (unpaired) electrons. The standard InChI is InChI=1S/C10H12N4O/c1-7-4-8(6-12-7)5-10(15)14-9(11)2-3-13-14/h2-4,6,12H,5,11H2,1H3. The summed E-state index contributed by atoms with van der Waals surface area (Å²) in [6.07, 6.45) is 3.62. The zero-order valence-electron chi connectivity index (χ0n) is 8.40. The molecule has 2 aromatic heterocycles. The number of carbonyl (C=O) groups excluding carboxylic acids is 1. The summed E-state index contributed by atoms with van der Waals surface area (Å²) < 4.78 is 1.21. The number of nitrogens with one attached hydrogen (secondary N) is 1. The van der Waals surface area contributed by atoms with Crippen molar-refractivity contribution >= 4 is 11.7 Å². The fraction of sp³-hybridized carbons (Fsp3) is 0.200. The maximum Gasteiger partial charge on any atom is 0.253 e. The van der Waals surface area contributed by atoms with E-state index in [-0.39, 0.29) is 5.91 Å². The Hall–Kier alpha value is -2.04. The monoisotopic (exact) mass is 204 g/mol. The number of hydrogen-bond donors (Lipinski definition) is 2. The van der Waals surface area contributed by atoms with Crippen LogP contribution >= 0.6 is 0 Å². The predicted octanol–water partition coefficient (Wildman–Crippen LogP) is 0.985. The molecule has 0 aliphatic heterocycles. The second-order valence-electron chi connectivity index (χ2n) is 3.43. The van der Waals surface area contributed by atoms with Crippen molar-refractivity contribution in [3.63, 3.8) is 0 Å². The lowest BCUT2D eigenvalue weighted by atomic mass is 10.2. The molecule has 0 aliphatic carbocycles. The minimum absolute atomic E-state index is 0.128. The first-order valence-corrected chi connectivity index (χ1v) is 4.63. The minimum Gasteiger partial charge on any atom is -0.383 e. The van der Waals surface area contributed by atoms with E-state index in [1.54, 1.807) is 6.07 Å². The molecule has 0 aromatic carbocycles. The first-order valence-electron chi connectivity index (χ1n) is 4.63. The highest BCUT2D eigenvalue weighted by atomic mass is 16.2. The Bertz CT molecular complexity index is 483. The highest BCUT2D eigenvalue weighted by Crippen LogP contribution is 2.06. The molecule has 0 bridgehead atoms. The number of nitrogen functional groups attached to an aromatic ring is 1. The molecule has 0 aliphatic rings. The Morgan fingerprint density at radius 3 is 3.00 bits per heavy atom. The predicted molar refractivity (Wildman–Crippen MR) is 56.5 cm³/mol. The molecular weight excluding hydrogens is 192 g/mol. The molecule has 2 aromatic rings. The molecule has 0 atom stereocenters. The number of H-pyrrole nitrogens is 1. The third kappa shape index (κ3) is 1.90. The SMILES string of the molecule is Cc1cc(CC(=O)n2nccc2N)c[nH]1. The number of aromatic amines is 1. The van der Waals surface area contributed by atoms with Gasteiger partial charge in [0.15, 0.2) is 0 Å². The molecule has 2 rings (SSSR count). The van der Waals surface area contributed by atoms with Gasteiger partial charge < -0.3 is 10.7 Å². The van der Waals surface area contributed by atoms with Gasteiger partial charge in [-0.15, -0.1) is 0 Å². The third-order valence-electron chi connectivity index (χ3n) is 2.15. The quantitative estimate of drug-likeness (QED) is 0.765. The highest BCUT2D eigenvalue weighted by molar-refractivity contribution is 5.82. The molecule has 15 heavy (non-hydrogen) atoms. The van der Waals surface area contributed by atoms with Crippen LogP contribution in [0.1, 0.15) is 16.1 Å². The Morgan fingerprint density at radius 2 is 2.47 bits per heavy atom. The first-order chi connectivity index (χ1) is 7.16. The average molecular weight is 204 g/mol. The minimum atomic E-state index is -0.128. The largest absolute Gasteiger partial charge is 0.383 e. The van der Waals surface area contributed by atoms with Gasteiger partial charge in [-0.1, -0.05) is 0 Å². The van der Waals surface area contributed by atoms with Crippen molar-refractivity contribution in [1.82, 2.24) is 14.8 Å². The maximum atomic E-state index is 11.7. The van der Waals surface area contributed by atoms with Crippen LogP contribution in [0, 0.1) is 6.92 Å². The van der Waals surface area contributed by atoms with Gasteiger partial charge in [0.2, 0.25) is 0 Å². The van der Waals surface area contributed by atoms with Crippen molar-refractivity contribution in [3.05, 3.63) is 35.8 Å². The van der Waals surface area contributed by atoms with Gasteiger partial charge in [-0.25, -0.2) is 0 Å². The van der Waals surface area contributed by atoms with Gasteiger partial charge in [0.25, 0.3) is 5.91 Å². The summed E-state index contributed by atoms with van der Waals surface area (Å²) >= 11 is 0. The molecule has 5 nitrogen and oxygen atoms in total. The Balaban J connectivity index is 2.14. The van der Waals surface area contributed by atoms with Crippen molar-refractivity contribution in [2.24, 2.45) is 0 Å². The van der Waals surface area contributed by atoms with Gasteiger partial charge in [-0.05, 0) is 18.6 Å². The van der Waals surface area contributed by atoms with Crippen LogP contribution in [0.3, 0.4) is 0 Å². The van der Waals surface area contributed by atoms with Gasteiger partial charge in [0.1, 0.15) is 5.82 Å². The molecule has 3 N–H and O–H groups in total. The van der Waals surface area contributed by atoms with E-state index < -0.39 is 0 Å². The molecule has 0 saturated carbocycles. The summed E-state index contributed by atoms with van der Waals surface area (Å²) in [6.45, 7) is 1.94. The van der Waals surface area contributed by atoms with Crippen molar-refractivity contribution in [2.45, 2.75) is 13.3 Å². The van der Waals surface area contributed by atoms with Crippen LogP contribution in [-0.2, 0) is 6.42 Å². The Kier molecular flexibility index (Phi) is 2.29. The molecule has 78 valence electrons. The van der Waals surface area contributed by atoms with Crippen LogP contribution < -0.4 is 5.73 Å². The molecule has 0 spiro atoms. The Morgan fingerprint density at radius 1 is 1.67 bits per heavy atom.